The lowest BCUT2D eigenvalue weighted by molar-refractivity contribution is -0.144. The lowest BCUT2D eigenvalue weighted by Gasteiger charge is -2.11. The number of methoxy groups -OCH3 is 1. The topological polar surface area (TPSA) is 75.6 Å². The number of benzene rings is 1. The first kappa shape index (κ1) is 13.5. The molecule has 0 aromatic heterocycles. The summed E-state index contributed by atoms with van der Waals surface area (Å²) in [6.07, 6.45) is 0. The van der Waals surface area contributed by atoms with Crippen LogP contribution in [0.15, 0.2) is 22.7 Å². The quantitative estimate of drug-likeness (QED) is 0.835. The summed E-state index contributed by atoms with van der Waals surface area (Å²) in [5.74, 6) is -2.27. The highest BCUT2D eigenvalue weighted by molar-refractivity contribution is 9.10. The lowest BCUT2D eigenvalue weighted by atomic mass is 10.1. The second-order valence-electron chi connectivity index (χ2n) is 3.39. The summed E-state index contributed by atoms with van der Waals surface area (Å²) in [4.78, 5) is 22.2. The molecule has 0 aliphatic heterocycles. The first-order chi connectivity index (χ1) is 7.95. The summed E-state index contributed by atoms with van der Waals surface area (Å²) in [5, 5.41) is 11.2. The molecule has 0 spiro atoms. The van der Waals surface area contributed by atoms with Crippen molar-refractivity contribution >= 4 is 33.5 Å². The van der Waals surface area contributed by atoms with Crippen LogP contribution in [0.25, 0.3) is 0 Å². The molecule has 17 heavy (non-hydrogen) atoms. The zero-order chi connectivity index (χ0) is 13.0. The summed E-state index contributed by atoms with van der Waals surface area (Å²) in [7, 11) is 1.51. The number of carbonyl (C=O) groups is 2. The van der Waals surface area contributed by atoms with E-state index in [9.17, 15) is 9.59 Å². The third kappa shape index (κ3) is 3.45. The number of carbonyl (C=O) groups excluding carboxylic acids is 1. The Hall–Kier alpha value is -1.56. The molecule has 1 atom stereocenters. The predicted octanol–water partition coefficient (Wildman–Crippen LogP) is 2.12. The summed E-state index contributed by atoms with van der Waals surface area (Å²) in [6, 6.07) is 5.04. The minimum absolute atomic E-state index is 0.474. The van der Waals surface area contributed by atoms with Crippen LogP contribution < -0.4 is 10.1 Å². The zero-order valence-corrected chi connectivity index (χ0v) is 10.9. The molecule has 0 fully saturated rings. The van der Waals surface area contributed by atoms with Crippen LogP contribution in [-0.4, -0.2) is 24.1 Å². The number of anilines is 1. The summed E-state index contributed by atoms with van der Waals surface area (Å²) in [6.45, 7) is 1.33. The molecule has 0 heterocycles. The SMILES string of the molecule is COc1ccc(Br)c(NC(=O)C(C)C(=O)O)c1. The fourth-order valence-corrected chi connectivity index (χ4v) is 1.43. The number of aliphatic carboxylic acids is 1. The van der Waals surface area contributed by atoms with Gasteiger partial charge in [0.1, 0.15) is 11.7 Å². The molecule has 0 aliphatic carbocycles. The Morgan fingerprint density at radius 3 is 2.65 bits per heavy atom. The highest BCUT2D eigenvalue weighted by Crippen LogP contribution is 2.27. The van der Waals surface area contributed by atoms with Crippen LogP contribution in [0.2, 0.25) is 0 Å². The maximum Gasteiger partial charge on any atom is 0.315 e. The molecule has 0 radical (unpaired) electrons. The Morgan fingerprint density at radius 1 is 1.47 bits per heavy atom. The van der Waals surface area contributed by atoms with Gasteiger partial charge < -0.3 is 15.2 Å². The molecule has 1 aromatic carbocycles. The van der Waals surface area contributed by atoms with Crippen molar-refractivity contribution in [2.75, 3.05) is 12.4 Å². The van der Waals surface area contributed by atoms with E-state index in [1.54, 1.807) is 18.2 Å². The number of amides is 1. The molecule has 92 valence electrons. The van der Waals surface area contributed by atoms with E-state index in [4.69, 9.17) is 9.84 Å². The van der Waals surface area contributed by atoms with Crippen LogP contribution >= 0.6 is 15.9 Å². The smallest absolute Gasteiger partial charge is 0.315 e. The number of hydrogen-bond acceptors (Lipinski definition) is 3. The van der Waals surface area contributed by atoms with Crippen LogP contribution in [0.1, 0.15) is 6.92 Å². The first-order valence-electron chi connectivity index (χ1n) is 4.83. The summed E-state index contributed by atoms with van der Waals surface area (Å²) >= 11 is 3.26. The van der Waals surface area contributed by atoms with Crippen LogP contribution in [0.5, 0.6) is 5.75 Å². The number of nitrogens with one attached hydrogen (secondary N) is 1. The predicted molar refractivity (Wildman–Crippen MR) is 66.1 cm³/mol. The van der Waals surface area contributed by atoms with Gasteiger partial charge in [-0.3, -0.25) is 9.59 Å². The number of rotatable bonds is 4. The maximum absolute atomic E-state index is 11.6. The van der Waals surface area contributed by atoms with Gasteiger partial charge in [-0.1, -0.05) is 0 Å². The van der Waals surface area contributed by atoms with E-state index in [-0.39, 0.29) is 0 Å². The largest absolute Gasteiger partial charge is 0.497 e. The molecular formula is C11H12BrNO4. The van der Waals surface area contributed by atoms with Crippen molar-refractivity contribution in [3.8, 4) is 5.75 Å². The van der Waals surface area contributed by atoms with Crippen LogP contribution in [0.3, 0.4) is 0 Å². The van der Waals surface area contributed by atoms with E-state index in [0.29, 0.717) is 15.9 Å². The fourth-order valence-electron chi connectivity index (χ4n) is 1.08. The molecule has 0 aliphatic rings. The fraction of sp³-hybridized carbons (Fsp3) is 0.273. The second kappa shape index (κ2) is 5.67. The van der Waals surface area contributed by atoms with E-state index < -0.39 is 17.8 Å². The minimum Gasteiger partial charge on any atom is -0.497 e. The van der Waals surface area contributed by atoms with Gasteiger partial charge in [-0.2, -0.15) is 0 Å². The first-order valence-corrected chi connectivity index (χ1v) is 5.62. The van der Waals surface area contributed by atoms with E-state index in [2.05, 4.69) is 21.2 Å². The van der Waals surface area contributed by atoms with Crippen molar-refractivity contribution < 1.29 is 19.4 Å². The van der Waals surface area contributed by atoms with Gasteiger partial charge in [0.15, 0.2) is 0 Å². The van der Waals surface area contributed by atoms with Crippen molar-refractivity contribution in [3.63, 3.8) is 0 Å². The highest BCUT2D eigenvalue weighted by Gasteiger charge is 2.21. The molecule has 1 rings (SSSR count). The molecule has 2 N–H and O–H groups in total. The van der Waals surface area contributed by atoms with Crippen LogP contribution in [0.4, 0.5) is 5.69 Å². The van der Waals surface area contributed by atoms with Crippen molar-refractivity contribution in [2.45, 2.75) is 6.92 Å². The zero-order valence-electron chi connectivity index (χ0n) is 9.36. The third-order valence-electron chi connectivity index (χ3n) is 2.20. The van der Waals surface area contributed by atoms with Gasteiger partial charge in [-0.05, 0) is 35.0 Å². The molecule has 0 saturated carbocycles. The molecular weight excluding hydrogens is 290 g/mol. The summed E-state index contributed by atoms with van der Waals surface area (Å²) in [5.41, 5.74) is 0.474. The van der Waals surface area contributed by atoms with Gasteiger partial charge >= 0.3 is 5.97 Å². The van der Waals surface area contributed by atoms with Gasteiger partial charge in [-0.15, -0.1) is 0 Å². The average molecular weight is 302 g/mol. The molecule has 0 bridgehead atoms. The highest BCUT2D eigenvalue weighted by atomic mass is 79.9. The third-order valence-corrected chi connectivity index (χ3v) is 2.89. The van der Waals surface area contributed by atoms with E-state index in [1.807, 2.05) is 0 Å². The Bertz CT molecular complexity index is 447. The van der Waals surface area contributed by atoms with Gasteiger partial charge in [0.2, 0.25) is 5.91 Å². The molecule has 1 amide bonds. The second-order valence-corrected chi connectivity index (χ2v) is 4.25. The number of hydrogen-bond donors (Lipinski definition) is 2. The number of ether oxygens (including phenoxy) is 1. The normalized spacial score (nSPS) is 11.7. The van der Waals surface area contributed by atoms with E-state index >= 15 is 0 Å². The van der Waals surface area contributed by atoms with Gasteiger partial charge in [0.05, 0.1) is 12.8 Å². The minimum atomic E-state index is -1.17. The molecule has 1 aromatic rings. The van der Waals surface area contributed by atoms with Gasteiger partial charge in [0, 0.05) is 10.5 Å². The van der Waals surface area contributed by atoms with Crippen molar-refractivity contribution in [1.29, 1.82) is 0 Å². The molecule has 0 saturated heterocycles. The van der Waals surface area contributed by atoms with E-state index in [1.165, 1.54) is 14.0 Å². The van der Waals surface area contributed by atoms with Crippen molar-refractivity contribution in [3.05, 3.63) is 22.7 Å². The van der Waals surface area contributed by atoms with Crippen molar-refractivity contribution in [1.82, 2.24) is 0 Å². The standard InChI is InChI=1S/C11H12BrNO4/c1-6(11(15)16)10(14)13-9-5-7(17-2)3-4-8(9)12/h3-6H,1-2H3,(H,13,14)(H,15,16). The number of carboxylic acid groups (broad SMARTS) is 1. The number of carboxylic acids is 1. The number of halogens is 1. The molecule has 6 heteroatoms. The van der Waals surface area contributed by atoms with Crippen LogP contribution in [0, 0.1) is 5.92 Å². The maximum atomic E-state index is 11.6. The summed E-state index contributed by atoms with van der Waals surface area (Å²) < 4.78 is 5.67. The Kier molecular flexibility index (Phi) is 4.51. The average Bonchev–Trinajstić information content (AvgIpc) is 2.30. The molecule has 1 unspecified atom stereocenters. The lowest BCUT2D eigenvalue weighted by Crippen LogP contribution is -2.27. The van der Waals surface area contributed by atoms with E-state index in [0.717, 1.165) is 0 Å². The molecule has 5 nitrogen and oxygen atoms in total. The van der Waals surface area contributed by atoms with Gasteiger partial charge in [0.25, 0.3) is 0 Å². The Balaban J connectivity index is 2.87. The Morgan fingerprint density at radius 2 is 2.12 bits per heavy atom. The Labute approximate surface area is 107 Å². The monoisotopic (exact) mass is 301 g/mol. The van der Waals surface area contributed by atoms with Gasteiger partial charge in [-0.25, -0.2) is 0 Å². The van der Waals surface area contributed by atoms with Crippen molar-refractivity contribution in [2.24, 2.45) is 5.92 Å². The van der Waals surface area contributed by atoms with Crippen LogP contribution in [-0.2, 0) is 9.59 Å².